The third kappa shape index (κ3) is 3.77. The lowest BCUT2D eigenvalue weighted by molar-refractivity contribution is -0.134. The van der Waals surface area contributed by atoms with Crippen LogP contribution in [0.25, 0.3) is 0 Å². The van der Waals surface area contributed by atoms with Gasteiger partial charge in [0.15, 0.2) is 0 Å². The Morgan fingerprint density at radius 1 is 1.38 bits per heavy atom. The number of hydrogen-bond donors (Lipinski definition) is 0. The van der Waals surface area contributed by atoms with E-state index < -0.39 is 0 Å². The van der Waals surface area contributed by atoms with Gasteiger partial charge in [0.2, 0.25) is 11.8 Å². The van der Waals surface area contributed by atoms with Crippen LogP contribution in [-0.2, 0) is 4.79 Å². The number of carbonyl (C=O) groups excluding carboxylic acids is 1. The summed E-state index contributed by atoms with van der Waals surface area (Å²) in [5.41, 5.74) is 0. The van der Waals surface area contributed by atoms with Crippen molar-refractivity contribution < 1.29 is 9.53 Å². The summed E-state index contributed by atoms with van der Waals surface area (Å²) in [6, 6.07) is 2.31. The highest BCUT2D eigenvalue weighted by atomic mass is 32.2. The molecule has 2 unspecified atom stereocenters. The van der Waals surface area contributed by atoms with Gasteiger partial charge in [-0.05, 0) is 38.4 Å². The van der Waals surface area contributed by atoms with E-state index in [1.54, 1.807) is 18.1 Å². The molecule has 2 atom stereocenters. The molecule has 0 spiro atoms. The van der Waals surface area contributed by atoms with E-state index in [0.717, 1.165) is 38.3 Å². The second-order valence-electron chi connectivity index (χ2n) is 6.37. The minimum atomic E-state index is 0.298. The Labute approximate surface area is 148 Å². The molecule has 1 amide bonds. The van der Waals surface area contributed by atoms with Gasteiger partial charge >= 0.3 is 0 Å². The molecule has 0 bridgehead atoms. The zero-order chi connectivity index (χ0) is 16.9. The Balaban J connectivity index is 1.68. The van der Waals surface area contributed by atoms with E-state index in [-0.39, 0.29) is 0 Å². The van der Waals surface area contributed by atoms with Gasteiger partial charge < -0.3 is 14.5 Å². The number of anilines is 1. The molecule has 0 saturated carbocycles. The van der Waals surface area contributed by atoms with Crippen LogP contribution in [0, 0.1) is 5.92 Å². The van der Waals surface area contributed by atoms with Crippen LogP contribution in [0.5, 0.6) is 5.88 Å². The Morgan fingerprint density at radius 2 is 2.25 bits per heavy atom. The number of hydrogen-bond acceptors (Lipinski definition) is 6. The van der Waals surface area contributed by atoms with Crippen LogP contribution < -0.4 is 9.64 Å². The maximum atomic E-state index is 12.4. The van der Waals surface area contributed by atoms with E-state index in [2.05, 4.69) is 19.8 Å². The third-order valence-corrected chi connectivity index (χ3v) is 5.44. The van der Waals surface area contributed by atoms with E-state index in [1.807, 2.05) is 19.2 Å². The average molecular weight is 350 g/mol. The fourth-order valence-corrected chi connectivity index (χ4v) is 4.27. The van der Waals surface area contributed by atoms with Gasteiger partial charge in [-0.3, -0.25) is 4.79 Å². The van der Waals surface area contributed by atoms with E-state index in [1.165, 1.54) is 6.42 Å². The number of carbonyl (C=O) groups is 1. The maximum Gasteiger partial charge on any atom is 0.232 e. The molecule has 1 aromatic rings. The topological polar surface area (TPSA) is 58.6 Å². The van der Waals surface area contributed by atoms with E-state index >= 15 is 0 Å². The number of fused-ring (bicyclic) bond motifs is 1. The van der Waals surface area contributed by atoms with E-state index in [0.29, 0.717) is 36.1 Å². The molecule has 6 nitrogen and oxygen atoms in total. The Kier molecular flexibility index (Phi) is 5.81. The number of amides is 1. The number of nitrogens with zero attached hydrogens (tertiary/aromatic N) is 4. The van der Waals surface area contributed by atoms with Crippen molar-refractivity contribution in [2.24, 2.45) is 5.92 Å². The van der Waals surface area contributed by atoms with Crippen LogP contribution in [0.1, 0.15) is 26.2 Å². The van der Waals surface area contributed by atoms with Gasteiger partial charge in [-0.25, -0.2) is 9.97 Å². The van der Waals surface area contributed by atoms with Crippen molar-refractivity contribution in [1.29, 1.82) is 0 Å². The van der Waals surface area contributed by atoms with Crippen molar-refractivity contribution in [3.8, 4) is 5.88 Å². The molecular formula is C17H26N4O2S. The fourth-order valence-electron chi connectivity index (χ4n) is 3.86. The average Bonchev–Trinajstić information content (AvgIpc) is 2.61. The smallest absolute Gasteiger partial charge is 0.232 e. The molecule has 2 saturated heterocycles. The van der Waals surface area contributed by atoms with Crippen molar-refractivity contribution in [3.63, 3.8) is 0 Å². The first kappa shape index (κ1) is 17.3. The summed E-state index contributed by atoms with van der Waals surface area (Å²) < 4.78 is 5.49. The molecule has 0 radical (unpaired) electrons. The standard InChI is InChI=1S/C17H26N4O2S/c1-3-23-16-9-15(18-12-19-16)20-8-6-14-13(10-20)5-4-7-21(14)17(22)11-24-2/h9,12-14H,3-8,10-11H2,1-2H3. The first-order valence-electron chi connectivity index (χ1n) is 8.71. The summed E-state index contributed by atoms with van der Waals surface area (Å²) in [7, 11) is 0. The number of piperidine rings is 2. The fraction of sp³-hybridized carbons (Fsp3) is 0.706. The molecule has 132 valence electrons. The quantitative estimate of drug-likeness (QED) is 0.810. The molecule has 3 rings (SSSR count). The number of thioether (sulfide) groups is 1. The van der Waals surface area contributed by atoms with Gasteiger partial charge in [-0.15, -0.1) is 0 Å². The SMILES string of the molecule is CCOc1cc(N2CCC3C(CCCN3C(=O)CSC)C2)ncn1. The molecule has 1 aromatic heterocycles. The number of rotatable bonds is 5. The number of aromatic nitrogens is 2. The van der Waals surface area contributed by atoms with Gasteiger partial charge in [0.1, 0.15) is 12.1 Å². The predicted octanol–water partition coefficient (Wildman–Crippen LogP) is 2.06. The van der Waals surface area contributed by atoms with Crippen LogP contribution in [0.4, 0.5) is 5.82 Å². The molecule has 7 heteroatoms. The molecular weight excluding hydrogens is 324 g/mol. The van der Waals surface area contributed by atoms with Crippen LogP contribution >= 0.6 is 11.8 Å². The van der Waals surface area contributed by atoms with Gasteiger partial charge in [0.25, 0.3) is 0 Å². The Hall–Kier alpha value is -1.50. The van der Waals surface area contributed by atoms with Gasteiger partial charge in [-0.2, -0.15) is 11.8 Å². The predicted molar refractivity (Wildman–Crippen MR) is 96.6 cm³/mol. The first-order valence-corrected chi connectivity index (χ1v) is 10.1. The van der Waals surface area contributed by atoms with Crippen LogP contribution in [-0.4, -0.2) is 65.1 Å². The van der Waals surface area contributed by atoms with Crippen molar-refractivity contribution >= 4 is 23.5 Å². The highest BCUT2D eigenvalue weighted by Gasteiger charge is 2.38. The first-order chi connectivity index (χ1) is 11.7. The van der Waals surface area contributed by atoms with Gasteiger partial charge in [0, 0.05) is 31.7 Å². The Bertz CT molecular complexity index is 571. The largest absolute Gasteiger partial charge is 0.478 e. The molecule has 24 heavy (non-hydrogen) atoms. The molecule has 2 aliphatic rings. The summed E-state index contributed by atoms with van der Waals surface area (Å²) in [6.45, 7) is 5.36. The molecule has 2 fully saturated rings. The zero-order valence-corrected chi connectivity index (χ0v) is 15.3. The minimum Gasteiger partial charge on any atom is -0.478 e. The van der Waals surface area contributed by atoms with Crippen molar-refractivity contribution in [1.82, 2.24) is 14.9 Å². The lowest BCUT2D eigenvalue weighted by atomic mass is 9.84. The second kappa shape index (κ2) is 8.05. The zero-order valence-electron chi connectivity index (χ0n) is 14.5. The molecule has 0 aromatic carbocycles. The van der Waals surface area contributed by atoms with Gasteiger partial charge in [0.05, 0.1) is 12.4 Å². The normalized spacial score (nSPS) is 23.8. The second-order valence-corrected chi connectivity index (χ2v) is 7.24. The monoisotopic (exact) mass is 350 g/mol. The number of ether oxygens (including phenoxy) is 1. The summed E-state index contributed by atoms with van der Waals surface area (Å²) in [6.07, 6.45) is 6.87. The van der Waals surface area contributed by atoms with Crippen molar-refractivity contribution in [2.75, 3.05) is 43.1 Å². The highest BCUT2D eigenvalue weighted by molar-refractivity contribution is 7.99. The lowest BCUT2D eigenvalue weighted by Crippen LogP contribution is -2.56. The Morgan fingerprint density at radius 3 is 3.04 bits per heavy atom. The maximum absolute atomic E-state index is 12.4. The van der Waals surface area contributed by atoms with Crippen LogP contribution in [0.15, 0.2) is 12.4 Å². The molecule has 0 aliphatic carbocycles. The third-order valence-electron chi connectivity index (χ3n) is 4.90. The summed E-state index contributed by atoms with van der Waals surface area (Å²) in [4.78, 5) is 25.4. The lowest BCUT2D eigenvalue weighted by Gasteiger charge is -2.47. The molecule has 3 heterocycles. The molecule has 2 aliphatic heterocycles. The minimum absolute atomic E-state index is 0.298. The summed E-state index contributed by atoms with van der Waals surface area (Å²) in [5.74, 6) is 2.98. The van der Waals surface area contributed by atoms with Crippen molar-refractivity contribution in [3.05, 3.63) is 12.4 Å². The van der Waals surface area contributed by atoms with E-state index in [4.69, 9.17) is 4.74 Å². The number of likely N-dealkylation sites (tertiary alicyclic amines) is 1. The van der Waals surface area contributed by atoms with Crippen molar-refractivity contribution in [2.45, 2.75) is 32.2 Å². The molecule has 0 N–H and O–H groups in total. The summed E-state index contributed by atoms with van der Waals surface area (Å²) >= 11 is 1.61. The van der Waals surface area contributed by atoms with Gasteiger partial charge in [-0.1, -0.05) is 0 Å². The highest BCUT2D eigenvalue weighted by Crippen LogP contribution is 2.33. The van der Waals surface area contributed by atoms with Crippen LogP contribution in [0.2, 0.25) is 0 Å². The van der Waals surface area contributed by atoms with Crippen LogP contribution in [0.3, 0.4) is 0 Å². The summed E-state index contributed by atoms with van der Waals surface area (Å²) in [5, 5.41) is 0. The van der Waals surface area contributed by atoms with E-state index in [9.17, 15) is 4.79 Å².